The fourth-order valence-corrected chi connectivity index (χ4v) is 5.04. The van der Waals surface area contributed by atoms with Crippen molar-refractivity contribution in [1.82, 2.24) is 0 Å². The van der Waals surface area contributed by atoms with Crippen LogP contribution in [0.1, 0.15) is 84.5 Å². The highest BCUT2D eigenvalue weighted by molar-refractivity contribution is 5.37. The normalized spacial score (nSPS) is 42.0. The molecule has 2 aliphatic heterocycles. The zero-order valence-electron chi connectivity index (χ0n) is 15.4. The third-order valence-corrected chi connectivity index (χ3v) is 6.38. The summed E-state index contributed by atoms with van der Waals surface area (Å²) in [6.45, 7) is 5.03. The molecule has 24 heavy (non-hydrogen) atoms. The lowest BCUT2D eigenvalue weighted by atomic mass is 9.72. The van der Waals surface area contributed by atoms with Gasteiger partial charge in [-0.1, -0.05) is 45.4 Å². The summed E-state index contributed by atoms with van der Waals surface area (Å²) in [5.74, 6) is 0.643. The van der Waals surface area contributed by atoms with E-state index in [1.165, 1.54) is 44.9 Å². The van der Waals surface area contributed by atoms with E-state index >= 15 is 0 Å². The molecule has 3 aliphatic rings. The molecule has 0 aromatic rings. The Labute approximate surface area is 146 Å². The highest BCUT2D eigenvalue weighted by Crippen LogP contribution is 2.47. The predicted octanol–water partition coefficient (Wildman–Crippen LogP) is 4.39. The summed E-state index contributed by atoms with van der Waals surface area (Å²) >= 11 is 0. The Morgan fingerprint density at radius 2 is 2.04 bits per heavy atom. The molecule has 1 unspecified atom stereocenters. The molecule has 0 N–H and O–H groups in total. The second-order valence-corrected chi connectivity index (χ2v) is 8.24. The van der Waals surface area contributed by atoms with E-state index in [0.29, 0.717) is 18.5 Å². The Kier molecular flexibility index (Phi) is 6.20. The lowest BCUT2D eigenvalue weighted by Crippen LogP contribution is -2.61. The number of unbranched alkanes of at least 4 members (excludes halogenated alkanes) is 3. The SMILES string of the molecule is CCCCCC[C@H]1O[C@@]2(C)C[C@H]3CCCC[C@@H]3O[C@@H]2CC1OC=O. The molecule has 4 nitrogen and oxygen atoms in total. The quantitative estimate of drug-likeness (QED) is 0.510. The van der Waals surface area contributed by atoms with Gasteiger partial charge in [-0.3, -0.25) is 4.79 Å². The van der Waals surface area contributed by atoms with Gasteiger partial charge in [0.1, 0.15) is 6.10 Å². The van der Waals surface area contributed by atoms with Gasteiger partial charge in [0.2, 0.25) is 0 Å². The first kappa shape index (κ1) is 18.2. The fourth-order valence-electron chi connectivity index (χ4n) is 5.04. The molecule has 2 saturated heterocycles. The highest BCUT2D eigenvalue weighted by Gasteiger charge is 2.53. The van der Waals surface area contributed by atoms with E-state index in [1.807, 2.05) is 0 Å². The van der Waals surface area contributed by atoms with Crippen LogP contribution >= 0.6 is 0 Å². The molecule has 0 bridgehead atoms. The molecule has 138 valence electrons. The first-order valence-corrected chi connectivity index (χ1v) is 10.1. The summed E-state index contributed by atoms with van der Waals surface area (Å²) in [5.41, 5.74) is -0.212. The van der Waals surface area contributed by atoms with Crippen molar-refractivity contribution < 1.29 is 19.0 Å². The molecule has 0 radical (unpaired) electrons. The minimum absolute atomic E-state index is 0.0250. The summed E-state index contributed by atoms with van der Waals surface area (Å²) in [6, 6.07) is 0. The standard InChI is InChI=1S/C20H34O4/c1-3-4-5-6-11-17-18(22-14-21)12-19-20(2,24-17)13-15-9-7-8-10-16(15)23-19/h14-19H,3-13H2,1-2H3/t15-,16+,17-,18?,19-,20+/m1/s1. The smallest absolute Gasteiger partial charge is 0.293 e. The maximum Gasteiger partial charge on any atom is 0.293 e. The van der Waals surface area contributed by atoms with Crippen LogP contribution in [0.4, 0.5) is 0 Å². The van der Waals surface area contributed by atoms with E-state index in [9.17, 15) is 4.79 Å². The van der Waals surface area contributed by atoms with E-state index < -0.39 is 0 Å². The van der Waals surface area contributed by atoms with E-state index in [-0.39, 0.29) is 23.9 Å². The molecule has 0 spiro atoms. The van der Waals surface area contributed by atoms with Crippen molar-refractivity contribution in [3.05, 3.63) is 0 Å². The van der Waals surface area contributed by atoms with Gasteiger partial charge in [0, 0.05) is 6.42 Å². The van der Waals surface area contributed by atoms with Gasteiger partial charge in [0.25, 0.3) is 6.47 Å². The number of hydrogen-bond acceptors (Lipinski definition) is 4. The van der Waals surface area contributed by atoms with Gasteiger partial charge in [-0.05, 0) is 38.5 Å². The Balaban J connectivity index is 1.65. The molecule has 0 aromatic carbocycles. The molecule has 0 aromatic heterocycles. The lowest BCUT2D eigenvalue weighted by Gasteiger charge is -2.54. The minimum atomic E-state index is -0.212. The molecule has 3 rings (SSSR count). The number of carbonyl (C=O) groups is 1. The molecule has 6 atom stereocenters. The van der Waals surface area contributed by atoms with Gasteiger partial charge in [-0.25, -0.2) is 0 Å². The van der Waals surface area contributed by atoms with Crippen LogP contribution in [-0.2, 0) is 19.0 Å². The van der Waals surface area contributed by atoms with Crippen LogP contribution in [0.5, 0.6) is 0 Å². The molecule has 1 aliphatic carbocycles. The van der Waals surface area contributed by atoms with Gasteiger partial charge in [-0.15, -0.1) is 0 Å². The zero-order chi connectivity index (χ0) is 17.0. The van der Waals surface area contributed by atoms with Crippen molar-refractivity contribution in [3.63, 3.8) is 0 Å². The van der Waals surface area contributed by atoms with Crippen LogP contribution in [0, 0.1) is 5.92 Å². The molecule has 4 heteroatoms. The van der Waals surface area contributed by atoms with E-state index in [4.69, 9.17) is 14.2 Å². The van der Waals surface area contributed by atoms with Crippen molar-refractivity contribution in [3.8, 4) is 0 Å². The first-order chi connectivity index (χ1) is 11.7. The van der Waals surface area contributed by atoms with Crippen molar-refractivity contribution in [2.45, 2.75) is 114 Å². The maximum absolute atomic E-state index is 10.9. The number of carbonyl (C=O) groups excluding carboxylic acids is 1. The molecular formula is C20H34O4. The van der Waals surface area contributed by atoms with Gasteiger partial charge in [-0.2, -0.15) is 0 Å². The molecule has 2 heterocycles. The van der Waals surface area contributed by atoms with Crippen LogP contribution in [0.2, 0.25) is 0 Å². The fraction of sp³-hybridized carbons (Fsp3) is 0.950. The largest absolute Gasteiger partial charge is 0.462 e. The van der Waals surface area contributed by atoms with Crippen molar-refractivity contribution in [2.75, 3.05) is 0 Å². The monoisotopic (exact) mass is 338 g/mol. The second-order valence-electron chi connectivity index (χ2n) is 8.24. The van der Waals surface area contributed by atoms with Gasteiger partial charge in [0.05, 0.1) is 23.9 Å². The number of ether oxygens (including phenoxy) is 3. The molecular weight excluding hydrogens is 304 g/mol. The van der Waals surface area contributed by atoms with Crippen LogP contribution < -0.4 is 0 Å². The number of hydrogen-bond donors (Lipinski definition) is 0. The van der Waals surface area contributed by atoms with E-state index in [2.05, 4.69) is 13.8 Å². The average molecular weight is 338 g/mol. The summed E-state index contributed by atoms with van der Waals surface area (Å²) in [5, 5.41) is 0. The van der Waals surface area contributed by atoms with Crippen molar-refractivity contribution in [1.29, 1.82) is 0 Å². The Morgan fingerprint density at radius 1 is 1.21 bits per heavy atom. The predicted molar refractivity (Wildman–Crippen MR) is 92.8 cm³/mol. The van der Waals surface area contributed by atoms with Crippen molar-refractivity contribution in [2.24, 2.45) is 5.92 Å². The summed E-state index contributed by atoms with van der Waals surface area (Å²) in [7, 11) is 0. The summed E-state index contributed by atoms with van der Waals surface area (Å²) < 4.78 is 18.4. The van der Waals surface area contributed by atoms with E-state index in [1.54, 1.807) is 0 Å². The Bertz CT molecular complexity index is 412. The highest BCUT2D eigenvalue weighted by atomic mass is 16.6. The number of fused-ring (bicyclic) bond motifs is 2. The first-order valence-electron chi connectivity index (χ1n) is 10.1. The maximum atomic E-state index is 10.9. The second kappa shape index (κ2) is 8.18. The van der Waals surface area contributed by atoms with E-state index in [0.717, 1.165) is 25.7 Å². The Hall–Kier alpha value is -0.610. The van der Waals surface area contributed by atoms with Crippen LogP contribution in [0.25, 0.3) is 0 Å². The van der Waals surface area contributed by atoms with Gasteiger partial charge >= 0.3 is 0 Å². The third kappa shape index (κ3) is 3.96. The molecule has 1 saturated carbocycles. The summed E-state index contributed by atoms with van der Waals surface area (Å²) in [6.07, 6.45) is 13.1. The van der Waals surface area contributed by atoms with Crippen LogP contribution in [-0.4, -0.2) is 36.5 Å². The zero-order valence-corrected chi connectivity index (χ0v) is 15.4. The van der Waals surface area contributed by atoms with Crippen molar-refractivity contribution >= 4 is 6.47 Å². The average Bonchev–Trinajstić information content (AvgIpc) is 2.57. The van der Waals surface area contributed by atoms with Crippen LogP contribution in [0.3, 0.4) is 0 Å². The minimum Gasteiger partial charge on any atom is -0.462 e. The topological polar surface area (TPSA) is 44.8 Å². The third-order valence-electron chi connectivity index (χ3n) is 6.38. The molecule has 0 amide bonds. The number of rotatable bonds is 7. The van der Waals surface area contributed by atoms with Crippen LogP contribution in [0.15, 0.2) is 0 Å². The Morgan fingerprint density at radius 3 is 2.83 bits per heavy atom. The summed E-state index contributed by atoms with van der Waals surface area (Å²) in [4.78, 5) is 10.9. The lowest BCUT2D eigenvalue weighted by molar-refractivity contribution is -0.283. The molecule has 3 fully saturated rings. The van der Waals surface area contributed by atoms with Gasteiger partial charge in [0.15, 0.2) is 0 Å². The van der Waals surface area contributed by atoms with Gasteiger partial charge < -0.3 is 14.2 Å².